The largest absolute Gasteiger partial charge is 0.497 e. The number of aromatic nitrogens is 1. The van der Waals surface area contributed by atoms with Crippen LogP contribution in [0.5, 0.6) is 11.5 Å². The van der Waals surface area contributed by atoms with Crippen LogP contribution in [0.25, 0.3) is 0 Å². The Labute approximate surface area is 220 Å². The lowest BCUT2D eigenvalue weighted by atomic mass is 9.83. The zero-order chi connectivity index (χ0) is 26.9. The van der Waals surface area contributed by atoms with Crippen molar-refractivity contribution in [1.82, 2.24) is 20.1 Å². The summed E-state index contributed by atoms with van der Waals surface area (Å²) < 4.78 is 11.3. The van der Waals surface area contributed by atoms with Crippen molar-refractivity contribution in [2.24, 2.45) is 0 Å². The number of urea groups is 1. The van der Waals surface area contributed by atoms with Gasteiger partial charge in [0, 0.05) is 47.7 Å². The number of benzene rings is 1. The van der Waals surface area contributed by atoms with Crippen LogP contribution in [0.4, 0.5) is 4.79 Å². The average molecular weight is 509 g/mol. The zero-order valence-corrected chi connectivity index (χ0v) is 23.2. The highest BCUT2D eigenvalue weighted by Crippen LogP contribution is 2.48. The first kappa shape index (κ1) is 26.6. The number of aryl methyl sites for hydroxylation is 2. The molecule has 2 aliphatic heterocycles. The summed E-state index contributed by atoms with van der Waals surface area (Å²) in [4.78, 5) is 33.9. The summed E-state index contributed by atoms with van der Waals surface area (Å²) in [5.74, 6) is 1.43. The van der Waals surface area contributed by atoms with Gasteiger partial charge in [0.25, 0.3) is 5.91 Å². The van der Waals surface area contributed by atoms with Crippen LogP contribution in [-0.4, -0.2) is 59.6 Å². The predicted octanol–water partition coefficient (Wildman–Crippen LogP) is 5.27. The molecule has 3 heterocycles. The molecule has 0 aliphatic carbocycles. The number of hydrogen-bond donors (Lipinski definition) is 2. The first-order valence-corrected chi connectivity index (χ1v) is 13.2. The van der Waals surface area contributed by atoms with Crippen LogP contribution in [-0.2, 0) is 6.54 Å². The molecule has 3 amide bonds. The molecular weight excluding hydrogens is 468 g/mol. The summed E-state index contributed by atoms with van der Waals surface area (Å²) in [6.45, 7) is 11.7. The fourth-order valence-electron chi connectivity index (χ4n) is 6.24. The lowest BCUT2D eigenvalue weighted by Gasteiger charge is -2.38. The second kappa shape index (κ2) is 10.5. The number of fused-ring (bicyclic) bond motifs is 2. The number of aromatic amines is 1. The summed E-state index contributed by atoms with van der Waals surface area (Å²) in [7, 11) is 3.31. The van der Waals surface area contributed by atoms with Crippen molar-refractivity contribution < 1.29 is 19.1 Å². The SMILES string of the molecule is CCCC1(CCNC(=O)c2cc(C)[nH]c2C)C2=CC(C)c3c(cc(OC)cc3OC)CN2C(=O)N1CC. The van der Waals surface area contributed by atoms with Gasteiger partial charge in [-0.05, 0) is 51.3 Å². The minimum atomic E-state index is -0.495. The molecule has 4 rings (SSSR count). The molecule has 8 heteroatoms. The molecule has 1 aromatic heterocycles. The fourth-order valence-corrected chi connectivity index (χ4v) is 6.24. The standard InChI is InChI=1S/C29H40N4O4/c1-8-10-29(11-12-30-27(34)23-14-19(4)31-20(23)5)25-13-18(3)26-21(15-22(36-6)16-24(26)37-7)17-32(25)28(35)33(29)9-2/h13-16,18,31H,8-12,17H2,1-7H3,(H,30,34). The number of nitrogens with zero attached hydrogens (tertiary/aromatic N) is 2. The van der Waals surface area contributed by atoms with E-state index in [1.54, 1.807) is 14.2 Å². The van der Waals surface area contributed by atoms with Crippen LogP contribution in [0.2, 0.25) is 0 Å². The van der Waals surface area contributed by atoms with Gasteiger partial charge in [0.1, 0.15) is 11.5 Å². The van der Waals surface area contributed by atoms with E-state index in [1.807, 2.05) is 48.8 Å². The number of rotatable bonds is 9. The Morgan fingerprint density at radius 3 is 2.51 bits per heavy atom. The van der Waals surface area contributed by atoms with E-state index in [-0.39, 0.29) is 17.9 Å². The van der Waals surface area contributed by atoms with E-state index in [1.165, 1.54) is 0 Å². The van der Waals surface area contributed by atoms with Crippen molar-refractivity contribution in [3.05, 3.63) is 58.1 Å². The highest BCUT2D eigenvalue weighted by atomic mass is 16.5. The number of nitrogens with one attached hydrogen (secondary N) is 2. The molecule has 2 aliphatic rings. The molecule has 1 aromatic carbocycles. The molecule has 2 N–H and O–H groups in total. The van der Waals surface area contributed by atoms with Crippen molar-refractivity contribution in [3.63, 3.8) is 0 Å². The Hall–Kier alpha value is -3.42. The van der Waals surface area contributed by atoms with Crippen molar-refractivity contribution in [2.75, 3.05) is 27.3 Å². The minimum Gasteiger partial charge on any atom is -0.497 e. The molecule has 1 saturated heterocycles. The molecule has 8 nitrogen and oxygen atoms in total. The third-order valence-electron chi connectivity index (χ3n) is 7.79. The van der Waals surface area contributed by atoms with Gasteiger partial charge in [-0.2, -0.15) is 0 Å². The minimum absolute atomic E-state index is 0.00691. The number of hydrogen-bond acceptors (Lipinski definition) is 4. The Morgan fingerprint density at radius 1 is 1.16 bits per heavy atom. The monoisotopic (exact) mass is 508 g/mol. The molecular formula is C29H40N4O4. The third kappa shape index (κ3) is 4.58. The van der Waals surface area contributed by atoms with Gasteiger partial charge < -0.3 is 24.7 Å². The number of ether oxygens (including phenoxy) is 2. The number of H-pyrrole nitrogens is 1. The molecule has 37 heavy (non-hydrogen) atoms. The third-order valence-corrected chi connectivity index (χ3v) is 7.79. The Bertz CT molecular complexity index is 1220. The quantitative estimate of drug-likeness (QED) is 0.483. The van der Waals surface area contributed by atoms with Crippen molar-refractivity contribution >= 4 is 11.9 Å². The number of amides is 3. The maximum Gasteiger partial charge on any atom is 0.325 e. The lowest BCUT2D eigenvalue weighted by molar-refractivity contribution is 0.0943. The lowest BCUT2D eigenvalue weighted by Crippen LogP contribution is -2.48. The average Bonchev–Trinajstić information content (AvgIpc) is 3.25. The van der Waals surface area contributed by atoms with Gasteiger partial charge >= 0.3 is 6.03 Å². The van der Waals surface area contributed by atoms with E-state index in [0.29, 0.717) is 37.4 Å². The molecule has 0 radical (unpaired) electrons. The summed E-state index contributed by atoms with van der Waals surface area (Å²) in [6.07, 6.45) is 4.60. The van der Waals surface area contributed by atoms with Crippen LogP contribution >= 0.6 is 0 Å². The topological polar surface area (TPSA) is 86.9 Å². The first-order chi connectivity index (χ1) is 17.7. The number of carbonyl (C=O) groups excluding carboxylic acids is 2. The Kier molecular flexibility index (Phi) is 7.57. The zero-order valence-electron chi connectivity index (χ0n) is 23.2. The smallest absolute Gasteiger partial charge is 0.325 e. The second-order valence-corrected chi connectivity index (χ2v) is 10.1. The summed E-state index contributed by atoms with van der Waals surface area (Å²) >= 11 is 0. The van der Waals surface area contributed by atoms with E-state index in [0.717, 1.165) is 46.8 Å². The van der Waals surface area contributed by atoms with E-state index in [2.05, 4.69) is 30.2 Å². The van der Waals surface area contributed by atoms with Gasteiger partial charge in [-0.15, -0.1) is 0 Å². The number of methoxy groups -OCH3 is 2. The first-order valence-electron chi connectivity index (χ1n) is 13.2. The van der Waals surface area contributed by atoms with Crippen LogP contribution in [0, 0.1) is 13.8 Å². The predicted molar refractivity (Wildman–Crippen MR) is 144 cm³/mol. The van der Waals surface area contributed by atoms with E-state index in [9.17, 15) is 9.59 Å². The Balaban J connectivity index is 1.70. The fraction of sp³-hybridized carbons (Fsp3) is 0.517. The van der Waals surface area contributed by atoms with Crippen molar-refractivity contribution in [2.45, 2.75) is 71.9 Å². The molecule has 1 fully saturated rings. The number of likely N-dealkylation sites (N-methyl/N-ethyl adjacent to an activating group) is 1. The summed E-state index contributed by atoms with van der Waals surface area (Å²) in [6, 6.07) is 5.80. The summed E-state index contributed by atoms with van der Waals surface area (Å²) in [5, 5.41) is 3.12. The number of carbonyl (C=O) groups is 2. The van der Waals surface area contributed by atoms with Crippen LogP contribution in [0.15, 0.2) is 30.0 Å². The van der Waals surface area contributed by atoms with E-state index in [4.69, 9.17) is 9.47 Å². The molecule has 2 unspecified atom stereocenters. The van der Waals surface area contributed by atoms with Crippen molar-refractivity contribution in [1.29, 1.82) is 0 Å². The number of allylic oxidation sites excluding steroid dienone is 1. The highest BCUT2D eigenvalue weighted by molar-refractivity contribution is 5.95. The van der Waals surface area contributed by atoms with Crippen LogP contribution < -0.4 is 14.8 Å². The van der Waals surface area contributed by atoms with Gasteiger partial charge in [-0.25, -0.2) is 4.79 Å². The van der Waals surface area contributed by atoms with Gasteiger partial charge in [-0.3, -0.25) is 9.69 Å². The van der Waals surface area contributed by atoms with E-state index < -0.39 is 5.54 Å². The molecule has 0 saturated carbocycles. The maximum absolute atomic E-state index is 13.9. The van der Waals surface area contributed by atoms with Gasteiger partial charge in [-0.1, -0.05) is 26.3 Å². The summed E-state index contributed by atoms with van der Waals surface area (Å²) in [5.41, 5.74) is 5.12. The van der Waals surface area contributed by atoms with Crippen LogP contribution in [0.1, 0.15) is 78.8 Å². The molecule has 0 bridgehead atoms. The van der Waals surface area contributed by atoms with Gasteiger partial charge in [0.15, 0.2) is 0 Å². The van der Waals surface area contributed by atoms with Gasteiger partial charge in [0.2, 0.25) is 0 Å². The molecule has 200 valence electrons. The van der Waals surface area contributed by atoms with Crippen molar-refractivity contribution in [3.8, 4) is 11.5 Å². The van der Waals surface area contributed by atoms with Crippen LogP contribution in [0.3, 0.4) is 0 Å². The molecule has 0 spiro atoms. The second-order valence-electron chi connectivity index (χ2n) is 10.1. The normalized spacial score (nSPS) is 20.8. The van der Waals surface area contributed by atoms with Gasteiger partial charge in [0.05, 0.1) is 31.9 Å². The Morgan fingerprint density at radius 2 is 1.92 bits per heavy atom. The van der Waals surface area contributed by atoms with E-state index >= 15 is 0 Å². The highest BCUT2D eigenvalue weighted by Gasteiger charge is 2.53. The maximum atomic E-state index is 13.9. The molecule has 2 aromatic rings. The molecule has 2 atom stereocenters.